The van der Waals surface area contributed by atoms with Crippen LogP contribution in [0, 0.1) is 5.82 Å². The third-order valence-electron chi connectivity index (χ3n) is 2.51. The molecule has 0 radical (unpaired) electrons. The van der Waals surface area contributed by atoms with Crippen molar-refractivity contribution in [1.82, 2.24) is 10.2 Å². The van der Waals surface area contributed by atoms with Crippen molar-refractivity contribution in [3.05, 3.63) is 41.8 Å². The van der Waals surface area contributed by atoms with Gasteiger partial charge in [0.25, 0.3) is 0 Å². The zero-order valence-corrected chi connectivity index (χ0v) is 8.91. The number of rotatable bonds is 4. The first-order valence-corrected chi connectivity index (χ1v) is 5.30. The van der Waals surface area contributed by atoms with Crippen LogP contribution in [0.2, 0.25) is 0 Å². The summed E-state index contributed by atoms with van der Waals surface area (Å²) >= 11 is 0. The number of aryl methyl sites for hydroxylation is 1. The quantitative estimate of drug-likeness (QED) is 0.827. The molecule has 2 aromatic rings. The molecule has 1 aromatic heterocycles. The SMILES string of the molecule is NCCCc1cn[nH]c1-c1ccccc1F. The summed E-state index contributed by atoms with van der Waals surface area (Å²) in [4.78, 5) is 0. The first-order valence-electron chi connectivity index (χ1n) is 5.30. The lowest BCUT2D eigenvalue weighted by atomic mass is 10.0. The van der Waals surface area contributed by atoms with Gasteiger partial charge in [-0.2, -0.15) is 5.10 Å². The Bertz CT molecular complexity index is 465. The van der Waals surface area contributed by atoms with Gasteiger partial charge in [-0.25, -0.2) is 4.39 Å². The summed E-state index contributed by atoms with van der Waals surface area (Å²) in [5, 5.41) is 6.80. The van der Waals surface area contributed by atoms with Crippen LogP contribution in [-0.2, 0) is 6.42 Å². The van der Waals surface area contributed by atoms with Gasteiger partial charge in [-0.3, -0.25) is 5.10 Å². The van der Waals surface area contributed by atoms with E-state index >= 15 is 0 Å². The molecule has 16 heavy (non-hydrogen) atoms. The molecule has 0 aliphatic heterocycles. The van der Waals surface area contributed by atoms with Crippen molar-refractivity contribution in [3.8, 4) is 11.3 Å². The second-order valence-electron chi connectivity index (χ2n) is 3.64. The van der Waals surface area contributed by atoms with Crippen molar-refractivity contribution < 1.29 is 4.39 Å². The van der Waals surface area contributed by atoms with Gasteiger partial charge in [0.1, 0.15) is 5.82 Å². The first-order chi connectivity index (χ1) is 7.83. The van der Waals surface area contributed by atoms with Crippen LogP contribution in [0.4, 0.5) is 4.39 Å². The zero-order chi connectivity index (χ0) is 11.4. The van der Waals surface area contributed by atoms with E-state index in [9.17, 15) is 4.39 Å². The normalized spacial score (nSPS) is 10.6. The number of nitrogens with two attached hydrogens (primary N) is 1. The van der Waals surface area contributed by atoms with Crippen molar-refractivity contribution in [2.45, 2.75) is 12.8 Å². The summed E-state index contributed by atoms with van der Waals surface area (Å²) in [5.41, 5.74) is 7.79. The Kier molecular flexibility index (Phi) is 3.31. The zero-order valence-electron chi connectivity index (χ0n) is 8.91. The molecule has 2 rings (SSSR count). The van der Waals surface area contributed by atoms with Crippen LogP contribution < -0.4 is 5.73 Å². The lowest BCUT2D eigenvalue weighted by molar-refractivity contribution is 0.630. The molecular weight excluding hydrogens is 205 g/mol. The Morgan fingerprint density at radius 3 is 2.88 bits per heavy atom. The Morgan fingerprint density at radius 1 is 1.31 bits per heavy atom. The van der Waals surface area contributed by atoms with E-state index in [1.54, 1.807) is 18.3 Å². The summed E-state index contributed by atoms with van der Waals surface area (Å²) in [6.45, 7) is 0.627. The van der Waals surface area contributed by atoms with Crippen molar-refractivity contribution in [2.75, 3.05) is 6.54 Å². The minimum absolute atomic E-state index is 0.235. The van der Waals surface area contributed by atoms with Crippen LogP contribution in [0.5, 0.6) is 0 Å². The predicted octanol–water partition coefficient (Wildman–Crippen LogP) is 2.11. The Labute approximate surface area is 93.5 Å². The smallest absolute Gasteiger partial charge is 0.132 e. The lowest BCUT2D eigenvalue weighted by Gasteiger charge is -2.03. The number of benzene rings is 1. The molecular formula is C12H14FN3. The molecule has 0 spiro atoms. The van der Waals surface area contributed by atoms with E-state index in [1.807, 2.05) is 6.07 Å². The van der Waals surface area contributed by atoms with Gasteiger partial charge in [0.2, 0.25) is 0 Å². The monoisotopic (exact) mass is 219 g/mol. The van der Waals surface area contributed by atoms with E-state index in [4.69, 9.17) is 5.73 Å². The number of H-pyrrole nitrogens is 1. The fourth-order valence-corrected chi connectivity index (χ4v) is 1.69. The van der Waals surface area contributed by atoms with Crippen LogP contribution in [0.1, 0.15) is 12.0 Å². The highest BCUT2D eigenvalue weighted by Crippen LogP contribution is 2.24. The molecule has 0 amide bonds. The maximum Gasteiger partial charge on any atom is 0.132 e. The number of halogens is 1. The van der Waals surface area contributed by atoms with Crippen molar-refractivity contribution in [2.24, 2.45) is 5.73 Å². The maximum absolute atomic E-state index is 13.6. The van der Waals surface area contributed by atoms with Crippen molar-refractivity contribution >= 4 is 0 Å². The third-order valence-corrected chi connectivity index (χ3v) is 2.51. The summed E-state index contributed by atoms with van der Waals surface area (Å²) in [6.07, 6.45) is 3.43. The second kappa shape index (κ2) is 4.90. The highest BCUT2D eigenvalue weighted by Gasteiger charge is 2.10. The van der Waals surface area contributed by atoms with Crippen LogP contribution >= 0.6 is 0 Å². The average molecular weight is 219 g/mol. The molecule has 0 aliphatic carbocycles. The van der Waals surface area contributed by atoms with E-state index < -0.39 is 0 Å². The Morgan fingerprint density at radius 2 is 2.12 bits per heavy atom. The van der Waals surface area contributed by atoms with E-state index in [0.29, 0.717) is 12.1 Å². The molecule has 0 unspecified atom stereocenters. The van der Waals surface area contributed by atoms with E-state index in [1.165, 1.54) is 6.07 Å². The summed E-state index contributed by atoms with van der Waals surface area (Å²) in [6, 6.07) is 6.68. The fraction of sp³-hybridized carbons (Fsp3) is 0.250. The first kappa shape index (κ1) is 10.8. The third kappa shape index (κ3) is 2.12. The highest BCUT2D eigenvalue weighted by molar-refractivity contribution is 5.63. The van der Waals surface area contributed by atoms with Crippen LogP contribution in [0.25, 0.3) is 11.3 Å². The molecule has 0 atom stereocenters. The van der Waals surface area contributed by atoms with Gasteiger partial charge in [-0.05, 0) is 37.1 Å². The van der Waals surface area contributed by atoms with Gasteiger partial charge in [-0.1, -0.05) is 12.1 Å². The van der Waals surface area contributed by atoms with Gasteiger partial charge in [0, 0.05) is 5.56 Å². The van der Waals surface area contributed by atoms with E-state index in [2.05, 4.69) is 10.2 Å². The van der Waals surface area contributed by atoms with Crippen molar-refractivity contribution in [3.63, 3.8) is 0 Å². The molecule has 0 fully saturated rings. The molecule has 1 heterocycles. The molecule has 3 nitrogen and oxygen atoms in total. The average Bonchev–Trinajstić information content (AvgIpc) is 2.75. The minimum Gasteiger partial charge on any atom is -0.330 e. The number of nitrogens with one attached hydrogen (secondary N) is 1. The summed E-state index contributed by atoms with van der Waals surface area (Å²) in [5.74, 6) is -0.235. The predicted molar refractivity (Wildman–Crippen MR) is 61.4 cm³/mol. The topological polar surface area (TPSA) is 54.7 Å². The standard InChI is InChI=1S/C12H14FN3/c13-11-6-2-1-5-10(11)12-9(4-3-7-14)8-15-16-12/h1-2,5-6,8H,3-4,7,14H2,(H,15,16). The maximum atomic E-state index is 13.6. The van der Waals surface area contributed by atoms with E-state index in [0.717, 1.165) is 24.1 Å². The Balaban J connectivity index is 2.33. The van der Waals surface area contributed by atoms with E-state index in [-0.39, 0.29) is 5.82 Å². The molecule has 84 valence electrons. The second-order valence-corrected chi connectivity index (χ2v) is 3.64. The van der Waals surface area contributed by atoms with Gasteiger partial charge < -0.3 is 5.73 Å². The number of hydrogen-bond acceptors (Lipinski definition) is 2. The largest absolute Gasteiger partial charge is 0.330 e. The number of hydrogen-bond donors (Lipinski definition) is 2. The van der Waals surface area contributed by atoms with Crippen LogP contribution in [0.3, 0.4) is 0 Å². The van der Waals surface area contributed by atoms with Gasteiger partial charge in [0.15, 0.2) is 0 Å². The van der Waals surface area contributed by atoms with Crippen LogP contribution in [0.15, 0.2) is 30.5 Å². The minimum atomic E-state index is -0.235. The number of aromatic nitrogens is 2. The molecule has 4 heteroatoms. The van der Waals surface area contributed by atoms with Gasteiger partial charge in [-0.15, -0.1) is 0 Å². The summed E-state index contributed by atoms with van der Waals surface area (Å²) in [7, 11) is 0. The van der Waals surface area contributed by atoms with Crippen molar-refractivity contribution in [1.29, 1.82) is 0 Å². The molecule has 0 bridgehead atoms. The molecule has 0 saturated heterocycles. The van der Waals surface area contributed by atoms with Crippen LogP contribution in [-0.4, -0.2) is 16.7 Å². The molecule has 1 aromatic carbocycles. The van der Waals surface area contributed by atoms with Gasteiger partial charge in [0.05, 0.1) is 11.9 Å². The molecule has 0 aliphatic rings. The number of aromatic amines is 1. The fourth-order valence-electron chi connectivity index (χ4n) is 1.69. The summed E-state index contributed by atoms with van der Waals surface area (Å²) < 4.78 is 13.6. The lowest BCUT2D eigenvalue weighted by Crippen LogP contribution is -2.00. The highest BCUT2D eigenvalue weighted by atomic mass is 19.1. The number of nitrogens with zero attached hydrogens (tertiary/aromatic N) is 1. The molecule has 3 N–H and O–H groups in total. The molecule has 0 saturated carbocycles. The Hall–Kier alpha value is -1.68. The van der Waals surface area contributed by atoms with Gasteiger partial charge >= 0.3 is 0 Å².